The third-order valence-electron chi connectivity index (χ3n) is 6.09. The van der Waals surface area contributed by atoms with E-state index in [4.69, 9.17) is 0 Å². The smallest absolute Gasteiger partial charge is 0.251 e. The standard InChI is InChI=1S/C26H33NO4S/c1-26(2,3)32(30,31)18-20-11-13-21(14-12-20)24(28)17-19-9-15-22(16-10-19)25(29)27-23-7-5-4-6-8-23/h9-16,23H,4-8,17-18H2,1-3H3,(H,27,29). The molecule has 1 aliphatic carbocycles. The fraction of sp³-hybridized carbons (Fsp3) is 0.462. The number of hydrogen-bond donors (Lipinski definition) is 1. The Morgan fingerprint density at radius 3 is 1.94 bits per heavy atom. The van der Waals surface area contributed by atoms with Crippen LogP contribution in [-0.4, -0.2) is 30.9 Å². The molecule has 2 aromatic rings. The number of rotatable bonds is 7. The molecule has 0 aliphatic heterocycles. The first kappa shape index (κ1) is 24.2. The van der Waals surface area contributed by atoms with Crippen LogP contribution < -0.4 is 5.32 Å². The number of carbonyl (C=O) groups is 2. The van der Waals surface area contributed by atoms with Gasteiger partial charge in [0.15, 0.2) is 15.6 Å². The van der Waals surface area contributed by atoms with Crippen LogP contribution in [0.15, 0.2) is 48.5 Å². The highest BCUT2D eigenvalue weighted by molar-refractivity contribution is 7.91. The van der Waals surface area contributed by atoms with Crippen molar-refractivity contribution in [2.45, 2.75) is 75.8 Å². The molecule has 0 unspecified atom stereocenters. The van der Waals surface area contributed by atoms with E-state index in [9.17, 15) is 18.0 Å². The molecule has 1 fully saturated rings. The third kappa shape index (κ3) is 6.28. The van der Waals surface area contributed by atoms with E-state index in [1.165, 1.54) is 19.3 Å². The number of nitrogens with one attached hydrogen (secondary N) is 1. The summed E-state index contributed by atoms with van der Waals surface area (Å²) in [6.07, 6.45) is 5.88. The average molecular weight is 456 g/mol. The minimum absolute atomic E-state index is 0.0463. The largest absolute Gasteiger partial charge is 0.349 e. The number of Topliss-reactive ketones (excluding diaryl/α,β-unsaturated/α-hetero) is 1. The molecule has 0 bridgehead atoms. The van der Waals surface area contributed by atoms with Gasteiger partial charge in [-0.2, -0.15) is 0 Å². The van der Waals surface area contributed by atoms with Gasteiger partial charge in [0.05, 0.1) is 10.5 Å². The van der Waals surface area contributed by atoms with E-state index < -0.39 is 14.6 Å². The Balaban J connectivity index is 1.58. The zero-order chi connectivity index (χ0) is 23.4. The Morgan fingerprint density at radius 2 is 1.38 bits per heavy atom. The Bertz CT molecular complexity index is 1040. The van der Waals surface area contributed by atoms with Crippen LogP contribution in [0.4, 0.5) is 0 Å². The van der Waals surface area contributed by atoms with E-state index in [0.29, 0.717) is 16.7 Å². The number of hydrogen-bond acceptors (Lipinski definition) is 4. The van der Waals surface area contributed by atoms with E-state index in [0.717, 1.165) is 18.4 Å². The summed E-state index contributed by atoms with van der Waals surface area (Å²) in [5, 5.41) is 3.10. The van der Waals surface area contributed by atoms with Gasteiger partial charge in [0.25, 0.3) is 5.91 Å². The van der Waals surface area contributed by atoms with E-state index in [1.807, 2.05) is 12.1 Å². The maximum Gasteiger partial charge on any atom is 0.251 e. The molecule has 2 aromatic carbocycles. The van der Waals surface area contributed by atoms with Crippen molar-refractivity contribution in [3.05, 3.63) is 70.8 Å². The van der Waals surface area contributed by atoms with Crippen LogP contribution in [-0.2, 0) is 22.0 Å². The molecule has 1 amide bonds. The van der Waals surface area contributed by atoms with Crippen LogP contribution >= 0.6 is 0 Å². The Kier molecular flexibility index (Phi) is 7.55. The van der Waals surface area contributed by atoms with E-state index in [-0.39, 0.29) is 29.9 Å². The molecule has 32 heavy (non-hydrogen) atoms. The molecule has 0 aromatic heterocycles. The van der Waals surface area contributed by atoms with Crippen LogP contribution in [0.1, 0.15) is 84.7 Å². The summed E-state index contributed by atoms with van der Waals surface area (Å²) in [5.41, 5.74) is 2.66. The predicted molar refractivity (Wildman–Crippen MR) is 128 cm³/mol. The fourth-order valence-electron chi connectivity index (χ4n) is 3.80. The second kappa shape index (κ2) is 9.99. The molecule has 5 nitrogen and oxygen atoms in total. The van der Waals surface area contributed by atoms with Crippen molar-refractivity contribution in [2.24, 2.45) is 0 Å². The quantitative estimate of drug-likeness (QED) is 0.603. The van der Waals surface area contributed by atoms with Crippen LogP contribution in [0.3, 0.4) is 0 Å². The summed E-state index contributed by atoms with van der Waals surface area (Å²) < 4.78 is 23.9. The molecule has 6 heteroatoms. The number of sulfone groups is 1. The lowest BCUT2D eigenvalue weighted by molar-refractivity contribution is 0.0927. The minimum Gasteiger partial charge on any atom is -0.349 e. The molecule has 1 aliphatic rings. The van der Waals surface area contributed by atoms with E-state index in [1.54, 1.807) is 57.2 Å². The first-order chi connectivity index (χ1) is 15.0. The van der Waals surface area contributed by atoms with Gasteiger partial charge in [0.1, 0.15) is 0 Å². The second-order valence-corrected chi connectivity index (χ2v) is 12.4. The van der Waals surface area contributed by atoms with Gasteiger partial charge < -0.3 is 5.32 Å². The van der Waals surface area contributed by atoms with Crippen molar-refractivity contribution in [3.63, 3.8) is 0 Å². The third-order valence-corrected chi connectivity index (χ3v) is 8.67. The average Bonchev–Trinajstić information content (AvgIpc) is 2.74. The molecular formula is C26H33NO4S. The maximum absolute atomic E-state index is 12.7. The minimum atomic E-state index is -3.27. The number of carbonyl (C=O) groups excluding carboxylic acids is 2. The van der Waals surface area contributed by atoms with Gasteiger partial charge in [-0.1, -0.05) is 55.7 Å². The van der Waals surface area contributed by atoms with Gasteiger partial charge in [0, 0.05) is 23.6 Å². The van der Waals surface area contributed by atoms with Crippen molar-refractivity contribution >= 4 is 21.5 Å². The van der Waals surface area contributed by atoms with Gasteiger partial charge in [-0.05, 0) is 56.9 Å². The van der Waals surface area contributed by atoms with Gasteiger partial charge in [-0.3, -0.25) is 9.59 Å². The van der Waals surface area contributed by atoms with Crippen LogP contribution in [0.25, 0.3) is 0 Å². The topological polar surface area (TPSA) is 80.3 Å². The van der Waals surface area contributed by atoms with E-state index >= 15 is 0 Å². The SMILES string of the molecule is CC(C)(C)S(=O)(=O)Cc1ccc(C(=O)Cc2ccc(C(=O)NC3CCCCC3)cc2)cc1. The molecule has 0 radical (unpaired) electrons. The van der Waals surface area contributed by atoms with Gasteiger partial charge in [-0.15, -0.1) is 0 Å². The van der Waals surface area contributed by atoms with Crippen molar-refractivity contribution < 1.29 is 18.0 Å². The molecule has 0 atom stereocenters. The lowest BCUT2D eigenvalue weighted by Gasteiger charge is -2.22. The van der Waals surface area contributed by atoms with Gasteiger partial charge >= 0.3 is 0 Å². The second-order valence-electron chi connectivity index (χ2n) is 9.67. The normalized spacial score (nSPS) is 15.3. The molecule has 0 saturated heterocycles. The van der Waals surface area contributed by atoms with Crippen molar-refractivity contribution in [2.75, 3.05) is 0 Å². The summed E-state index contributed by atoms with van der Waals surface area (Å²) in [7, 11) is -3.27. The zero-order valence-corrected chi connectivity index (χ0v) is 20.0. The maximum atomic E-state index is 12.7. The molecule has 3 rings (SSSR count). The fourth-order valence-corrected chi connectivity index (χ4v) is 4.86. The number of amides is 1. The van der Waals surface area contributed by atoms with E-state index in [2.05, 4.69) is 5.32 Å². The molecule has 0 heterocycles. The van der Waals surface area contributed by atoms with Gasteiger partial charge in [0.2, 0.25) is 0 Å². The highest BCUT2D eigenvalue weighted by Crippen LogP contribution is 2.21. The van der Waals surface area contributed by atoms with Gasteiger partial charge in [-0.25, -0.2) is 8.42 Å². The highest BCUT2D eigenvalue weighted by Gasteiger charge is 2.29. The van der Waals surface area contributed by atoms with Crippen molar-refractivity contribution in [1.29, 1.82) is 0 Å². The summed E-state index contributed by atoms with van der Waals surface area (Å²) in [6, 6.07) is 14.2. The number of benzene rings is 2. The first-order valence-electron chi connectivity index (χ1n) is 11.3. The Hall–Kier alpha value is -2.47. The lowest BCUT2D eigenvalue weighted by atomic mass is 9.95. The van der Waals surface area contributed by atoms with Crippen LogP contribution in [0.2, 0.25) is 0 Å². The van der Waals surface area contributed by atoms with Crippen LogP contribution in [0.5, 0.6) is 0 Å². The molecular weight excluding hydrogens is 422 g/mol. The first-order valence-corrected chi connectivity index (χ1v) is 12.9. The monoisotopic (exact) mass is 455 g/mol. The highest BCUT2D eigenvalue weighted by atomic mass is 32.2. The molecule has 0 spiro atoms. The zero-order valence-electron chi connectivity index (χ0n) is 19.2. The van der Waals surface area contributed by atoms with Crippen molar-refractivity contribution in [1.82, 2.24) is 5.32 Å². The Morgan fingerprint density at radius 1 is 0.844 bits per heavy atom. The predicted octanol–water partition coefficient (Wildman–Crippen LogP) is 4.89. The molecule has 172 valence electrons. The summed E-state index contributed by atoms with van der Waals surface area (Å²) in [4.78, 5) is 25.1. The van der Waals surface area contributed by atoms with Crippen molar-refractivity contribution in [3.8, 4) is 0 Å². The molecule has 1 N–H and O–H groups in total. The molecule has 1 saturated carbocycles. The van der Waals surface area contributed by atoms with Crippen LogP contribution in [0, 0.1) is 0 Å². The summed E-state index contributed by atoms with van der Waals surface area (Å²) in [6.45, 7) is 5.06. The summed E-state index contributed by atoms with van der Waals surface area (Å²) >= 11 is 0. The number of ketones is 1. The Labute approximate surface area is 191 Å². The summed E-state index contributed by atoms with van der Waals surface area (Å²) in [5.74, 6) is -0.153. The lowest BCUT2D eigenvalue weighted by Crippen LogP contribution is -2.36.